The summed E-state index contributed by atoms with van der Waals surface area (Å²) in [5, 5.41) is 4.43. The molecule has 0 aromatic heterocycles. The second-order valence-electron chi connectivity index (χ2n) is 8.10. The van der Waals surface area contributed by atoms with Crippen LogP contribution in [0.2, 0.25) is 0 Å². The third kappa shape index (κ3) is 2.21. The standard InChI is InChI=1S/C21H27NS/c1-12-11-17(20-18(12)21(4,5)14(3)23-20)16-8-6-7-15-10-9-13(2)22-19(15)16/h6-8,11,13-14,18,22H,9-10H2,1-5H3. The SMILES string of the molecule is CC1=CC(c2cccc3c2NC(C)CC3)=C2SC(C)C(C)(C)C12. The Hall–Kier alpha value is -1.15. The van der Waals surface area contributed by atoms with Crippen LogP contribution in [0.3, 0.4) is 0 Å². The van der Waals surface area contributed by atoms with Crippen LogP contribution >= 0.6 is 11.8 Å². The van der Waals surface area contributed by atoms with Gasteiger partial charge in [-0.15, -0.1) is 11.8 Å². The number of aryl methyl sites for hydroxylation is 1. The number of para-hydroxylation sites is 1. The average Bonchev–Trinajstić information content (AvgIpc) is 2.94. The smallest absolute Gasteiger partial charge is 0.0454 e. The van der Waals surface area contributed by atoms with E-state index >= 15 is 0 Å². The predicted molar refractivity (Wildman–Crippen MR) is 103 cm³/mol. The molecule has 2 heterocycles. The molecule has 23 heavy (non-hydrogen) atoms. The number of benzene rings is 1. The van der Waals surface area contributed by atoms with Gasteiger partial charge in [-0.25, -0.2) is 0 Å². The first-order chi connectivity index (χ1) is 10.9. The van der Waals surface area contributed by atoms with Crippen LogP contribution in [-0.4, -0.2) is 11.3 Å². The predicted octanol–water partition coefficient (Wildman–Crippen LogP) is 5.88. The first-order valence-electron chi connectivity index (χ1n) is 8.87. The lowest BCUT2D eigenvalue weighted by atomic mass is 9.74. The molecule has 0 saturated carbocycles. The minimum atomic E-state index is 0.345. The molecule has 0 bridgehead atoms. The number of hydrogen-bond donors (Lipinski definition) is 1. The molecule has 3 atom stereocenters. The maximum Gasteiger partial charge on any atom is 0.0454 e. The number of anilines is 1. The molecule has 1 N–H and O–H groups in total. The number of thioether (sulfide) groups is 1. The third-order valence-corrected chi connectivity index (χ3v) is 7.80. The van der Waals surface area contributed by atoms with Crippen molar-refractivity contribution >= 4 is 23.0 Å². The molecule has 1 nitrogen and oxygen atoms in total. The number of rotatable bonds is 1. The fourth-order valence-corrected chi connectivity index (χ4v) is 6.22. The van der Waals surface area contributed by atoms with Gasteiger partial charge in [-0.2, -0.15) is 0 Å². The summed E-state index contributed by atoms with van der Waals surface area (Å²) >= 11 is 2.10. The lowest BCUT2D eigenvalue weighted by Crippen LogP contribution is -2.26. The van der Waals surface area contributed by atoms with Crippen molar-refractivity contribution in [1.29, 1.82) is 0 Å². The van der Waals surface area contributed by atoms with Gasteiger partial charge in [-0.1, -0.05) is 50.6 Å². The molecular formula is C21H27NS. The summed E-state index contributed by atoms with van der Waals surface area (Å²) in [6.07, 6.45) is 4.89. The summed E-state index contributed by atoms with van der Waals surface area (Å²) in [7, 11) is 0. The van der Waals surface area contributed by atoms with Gasteiger partial charge < -0.3 is 5.32 Å². The molecule has 0 spiro atoms. The maximum atomic E-state index is 3.76. The van der Waals surface area contributed by atoms with Crippen molar-refractivity contribution in [1.82, 2.24) is 0 Å². The molecule has 0 radical (unpaired) electrons. The van der Waals surface area contributed by atoms with E-state index in [-0.39, 0.29) is 0 Å². The van der Waals surface area contributed by atoms with Gasteiger partial charge in [0.05, 0.1) is 0 Å². The highest BCUT2D eigenvalue weighted by Gasteiger charge is 2.48. The molecular weight excluding hydrogens is 298 g/mol. The van der Waals surface area contributed by atoms with Crippen LogP contribution in [0, 0.1) is 11.3 Å². The molecule has 1 saturated heterocycles. The van der Waals surface area contributed by atoms with E-state index in [0.29, 0.717) is 22.6 Å². The van der Waals surface area contributed by atoms with Gasteiger partial charge in [0.1, 0.15) is 0 Å². The van der Waals surface area contributed by atoms with Crippen LogP contribution in [0.5, 0.6) is 0 Å². The lowest BCUT2D eigenvalue weighted by molar-refractivity contribution is 0.305. The average molecular weight is 326 g/mol. The zero-order valence-electron chi connectivity index (χ0n) is 14.9. The Kier molecular flexibility index (Phi) is 3.46. The number of nitrogens with one attached hydrogen (secondary N) is 1. The molecule has 3 unspecified atom stereocenters. The first-order valence-corrected chi connectivity index (χ1v) is 9.75. The molecule has 1 fully saturated rings. The summed E-state index contributed by atoms with van der Waals surface area (Å²) in [5.41, 5.74) is 7.66. The van der Waals surface area contributed by atoms with E-state index in [1.807, 2.05) is 0 Å². The largest absolute Gasteiger partial charge is 0.382 e. The Morgan fingerprint density at radius 1 is 1.22 bits per heavy atom. The lowest BCUT2D eigenvalue weighted by Gasteiger charge is -2.29. The third-order valence-electron chi connectivity index (χ3n) is 6.13. The zero-order valence-corrected chi connectivity index (χ0v) is 15.7. The van der Waals surface area contributed by atoms with Gasteiger partial charge in [-0.3, -0.25) is 0 Å². The summed E-state index contributed by atoms with van der Waals surface area (Å²) in [5.74, 6) is 0.606. The van der Waals surface area contributed by atoms with Gasteiger partial charge in [0.2, 0.25) is 0 Å². The zero-order chi connectivity index (χ0) is 16.4. The number of allylic oxidation sites excluding steroid dienone is 4. The Morgan fingerprint density at radius 3 is 2.78 bits per heavy atom. The van der Waals surface area contributed by atoms with Gasteiger partial charge in [-0.05, 0) is 43.2 Å². The van der Waals surface area contributed by atoms with Crippen molar-refractivity contribution in [2.75, 3.05) is 5.32 Å². The molecule has 1 aromatic rings. The molecule has 2 heteroatoms. The highest BCUT2D eigenvalue weighted by atomic mass is 32.2. The number of fused-ring (bicyclic) bond motifs is 2. The topological polar surface area (TPSA) is 12.0 Å². The fraction of sp³-hybridized carbons (Fsp3) is 0.524. The highest BCUT2D eigenvalue weighted by Crippen LogP contribution is 2.62. The fourth-order valence-electron chi connectivity index (χ4n) is 4.48. The van der Waals surface area contributed by atoms with Crippen molar-refractivity contribution in [2.45, 2.75) is 58.8 Å². The molecule has 122 valence electrons. The van der Waals surface area contributed by atoms with Gasteiger partial charge >= 0.3 is 0 Å². The number of hydrogen-bond acceptors (Lipinski definition) is 2. The van der Waals surface area contributed by atoms with Gasteiger partial charge in [0.25, 0.3) is 0 Å². The minimum Gasteiger partial charge on any atom is -0.382 e. The Morgan fingerprint density at radius 2 is 2.00 bits per heavy atom. The van der Waals surface area contributed by atoms with E-state index in [1.54, 1.807) is 10.5 Å². The van der Waals surface area contributed by atoms with Crippen molar-refractivity contribution in [2.24, 2.45) is 11.3 Å². The minimum absolute atomic E-state index is 0.345. The van der Waals surface area contributed by atoms with Crippen LogP contribution in [-0.2, 0) is 6.42 Å². The quantitative estimate of drug-likeness (QED) is 0.691. The molecule has 2 aliphatic heterocycles. The first kappa shape index (κ1) is 15.4. The van der Waals surface area contributed by atoms with Crippen LogP contribution < -0.4 is 5.32 Å². The van der Waals surface area contributed by atoms with E-state index in [2.05, 4.69) is 76.0 Å². The van der Waals surface area contributed by atoms with E-state index in [4.69, 9.17) is 0 Å². The molecule has 3 aliphatic rings. The van der Waals surface area contributed by atoms with E-state index in [0.717, 1.165) is 0 Å². The second kappa shape index (κ2) is 5.17. The molecule has 1 aromatic carbocycles. The van der Waals surface area contributed by atoms with Gasteiger partial charge in [0, 0.05) is 33.4 Å². The Balaban J connectivity index is 1.87. The van der Waals surface area contributed by atoms with Crippen LogP contribution in [0.1, 0.15) is 52.2 Å². The Labute approximate surface area is 144 Å². The van der Waals surface area contributed by atoms with Gasteiger partial charge in [0.15, 0.2) is 0 Å². The molecule has 4 rings (SSSR count). The summed E-state index contributed by atoms with van der Waals surface area (Å²) in [6.45, 7) is 11.9. The van der Waals surface area contributed by atoms with E-state index < -0.39 is 0 Å². The summed E-state index contributed by atoms with van der Waals surface area (Å²) < 4.78 is 0. The maximum absolute atomic E-state index is 3.76. The summed E-state index contributed by atoms with van der Waals surface area (Å²) in [4.78, 5) is 1.61. The summed E-state index contributed by atoms with van der Waals surface area (Å²) in [6, 6.07) is 7.42. The Bertz CT molecular complexity index is 725. The van der Waals surface area contributed by atoms with Crippen molar-refractivity contribution in [3.63, 3.8) is 0 Å². The van der Waals surface area contributed by atoms with Crippen LogP contribution in [0.4, 0.5) is 5.69 Å². The van der Waals surface area contributed by atoms with Crippen LogP contribution in [0.15, 0.2) is 34.8 Å². The molecule has 1 aliphatic carbocycles. The normalized spacial score (nSPS) is 31.5. The molecule has 0 amide bonds. The highest BCUT2D eigenvalue weighted by molar-refractivity contribution is 8.04. The van der Waals surface area contributed by atoms with E-state index in [9.17, 15) is 0 Å². The van der Waals surface area contributed by atoms with Crippen LogP contribution in [0.25, 0.3) is 5.57 Å². The van der Waals surface area contributed by atoms with Crippen molar-refractivity contribution < 1.29 is 0 Å². The van der Waals surface area contributed by atoms with Crippen molar-refractivity contribution in [3.8, 4) is 0 Å². The second-order valence-corrected chi connectivity index (χ2v) is 9.49. The van der Waals surface area contributed by atoms with E-state index in [1.165, 1.54) is 35.2 Å². The van der Waals surface area contributed by atoms with Crippen molar-refractivity contribution in [3.05, 3.63) is 45.9 Å². The monoisotopic (exact) mass is 325 g/mol.